The van der Waals surface area contributed by atoms with Crippen molar-refractivity contribution in [1.29, 1.82) is 0 Å². The van der Waals surface area contributed by atoms with Crippen molar-refractivity contribution >= 4 is 17.3 Å². The molecule has 0 bridgehead atoms. The maximum Gasteiger partial charge on any atom is 0.293 e. The minimum Gasteiger partial charge on any atom is -0.375 e. The van der Waals surface area contributed by atoms with Crippen LogP contribution >= 0.6 is 0 Å². The molecule has 0 unspecified atom stereocenters. The number of nitrogens with zero attached hydrogens (tertiary/aromatic N) is 2. The normalized spacial score (nSPS) is 21.3. The van der Waals surface area contributed by atoms with Crippen molar-refractivity contribution in [2.45, 2.75) is 38.6 Å². The van der Waals surface area contributed by atoms with Crippen LogP contribution in [0.5, 0.6) is 0 Å². The molecule has 2 aromatic rings. The molecule has 0 radical (unpaired) electrons. The molecule has 1 amide bonds. The average Bonchev–Trinajstić information content (AvgIpc) is 2.77. The molecule has 2 aromatic carbocycles. The highest BCUT2D eigenvalue weighted by Crippen LogP contribution is 2.36. The number of carbonyl (C=O) groups excluding carboxylic acids is 1. The molecule has 2 fully saturated rings. The number of amides is 1. The summed E-state index contributed by atoms with van der Waals surface area (Å²) in [7, 11) is 0. The zero-order chi connectivity index (χ0) is 20.2. The van der Waals surface area contributed by atoms with Gasteiger partial charge in [-0.3, -0.25) is 14.9 Å². The van der Waals surface area contributed by atoms with Gasteiger partial charge in [0.1, 0.15) is 5.69 Å². The van der Waals surface area contributed by atoms with Gasteiger partial charge in [0.2, 0.25) is 0 Å². The van der Waals surface area contributed by atoms with Gasteiger partial charge in [-0.1, -0.05) is 49.6 Å². The summed E-state index contributed by atoms with van der Waals surface area (Å²) in [6.07, 6.45) is 6.07. The highest BCUT2D eigenvalue weighted by molar-refractivity contribution is 5.95. The maximum atomic E-state index is 13.0. The lowest BCUT2D eigenvalue weighted by Gasteiger charge is -2.41. The van der Waals surface area contributed by atoms with Gasteiger partial charge in [0, 0.05) is 31.3 Å². The van der Waals surface area contributed by atoms with Crippen LogP contribution in [0.2, 0.25) is 0 Å². The van der Waals surface area contributed by atoms with Crippen molar-refractivity contribution in [3.63, 3.8) is 0 Å². The van der Waals surface area contributed by atoms with Crippen molar-refractivity contribution in [3.05, 3.63) is 69.8 Å². The highest BCUT2D eigenvalue weighted by Gasteiger charge is 2.33. The van der Waals surface area contributed by atoms with Gasteiger partial charge in [0.15, 0.2) is 0 Å². The second-order valence-electron chi connectivity index (χ2n) is 8.17. The smallest absolute Gasteiger partial charge is 0.293 e. The van der Waals surface area contributed by atoms with E-state index in [0.29, 0.717) is 23.7 Å². The van der Waals surface area contributed by atoms with Gasteiger partial charge in [-0.2, -0.15) is 0 Å². The lowest BCUT2D eigenvalue weighted by Crippen LogP contribution is -2.44. The Bertz CT molecular complexity index is 884. The van der Waals surface area contributed by atoms with Crippen LogP contribution < -0.4 is 5.32 Å². The minimum atomic E-state index is -0.419. The zero-order valence-corrected chi connectivity index (χ0v) is 16.5. The van der Waals surface area contributed by atoms with Gasteiger partial charge in [-0.15, -0.1) is 0 Å². The molecule has 1 saturated carbocycles. The van der Waals surface area contributed by atoms with Crippen molar-refractivity contribution in [3.8, 4) is 0 Å². The van der Waals surface area contributed by atoms with Crippen LogP contribution in [0, 0.1) is 22.0 Å². The molecule has 29 heavy (non-hydrogen) atoms. The van der Waals surface area contributed by atoms with E-state index in [4.69, 9.17) is 0 Å². The van der Waals surface area contributed by atoms with Crippen LogP contribution in [0.4, 0.5) is 11.4 Å². The Hall–Kier alpha value is -2.89. The van der Waals surface area contributed by atoms with Crippen molar-refractivity contribution in [2.24, 2.45) is 11.8 Å². The molecular formula is C23H27N3O3. The SMILES string of the molecule is O=C(c1ccc(NCc2ccccc2)c([N+](=O)[O-])c1)N1CC[C@H]2CCCC[C@@H]2C1. The molecule has 2 atom stereocenters. The molecule has 0 aromatic heterocycles. The van der Waals surface area contributed by atoms with Crippen LogP contribution in [0.3, 0.4) is 0 Å². The molecule has 1 heterocycles. The van der Waals surface area contributed by atoms with E-state index in [9.17, 15) is 14.9 Å². The Kier molecular flexibility index (Phi) is 5.79. The first kappa shape index (κ1) is 19.4. The molecule has 2 aliphatic rings. The topological polar surface area (TPSA) is 75.5 Å². The largest absolute Gasteiger partial charge is 0.375 e. The summed E-state index contributed by atoms with van der Waals surface area (Å²) in [6, 6.07) is 14.5. The molecule has 1 saturated heterocycles. The number of fused-ring (bicyclic) bond motifs is 1. The van der Waals surface area contributed by atoms with E-state index >= 15 is 0 Å². The van der Waals surface area contributed by atoms with E-state index in [2.05, 4.69) is 5.32 Å². The molecule has 152 valence electrons. The summed E-state index contributed by atoms with van der Waals surface area (Å²) in [5.41, 5.74) is 1.81. The Morgan fingerprint density at radius 3 is 2.59 bits per heavy atom. The first-order valence-electron chi connectivity index (χ1n) is 10.5. The number of nitro groups is 1. The van der Waals surface area contributed by atoms with Gasteiger partial charge < -0.3 is 10.2 Å². The van der Waals surface area contributed by atoms with E-state index in [0.717, 1.165) is 31.0 Å². The third-order valence-corrected chi connectivity index (χ3v) is 6.35. The summed E-state index contributed by atoms with van der Waals surface area (Å²) in [6.45, 7) is 2.03. The van der Waals surface area contributed by atoms with Gasteiger partial charge in [-0.05, 0) is 42.4 Å². The Labute approximate surface area is 171 Å². The zero-order valence-electron chi connectivity index (χ0n) is 16.5. The van der Waals surface area contributed by atoms with E-state index in [1.165, 1.54) is 31.7 Å². The first-order valence-corrected chi connectivity index (χ1v) is 10.5. The van der Waals surface area contributed by atoms with E-state index in [1.807, 2.05) is 35.2 Å². The fourth-order valence-electron chi connectivity index (χ4n) is 4.73. The number of nitro benzene ring substituents is 1. The number of nitrogens with one attached hydrogen (secondary N) is 1. The molecule has 1 aliphatic heterocycles. The standard InChI is InChI=1S/C23H27N3O3/c27-23(25-13-12-18-8-4-5-9-20(18)16-25)19-10-11-21(22(14-19)26(28)29)24-15-17-6-2-1-3-7-17/h1-3,6-7,10-11,14,18,20,24H,4-5,8-9,12-13,15-16H2/t18-,20-/m1/s1. The molecule has 1 aliphatic carbocycles. The van der Waals surface area contributed by atoms with Gasteiger partial charge in [0.25, 0.3) is 11.6 Å². The summed E-state index contributed by atoms with van der Waals surface area (Å²) in [5, 5.41) is 14.7. The molecule has 0 spiro atoms. The Balaban J connectivity index is 1.48. The summed E-state index contributed by atoms with van der Waals surface area (Å²) < 4.78 is 0. The molecule has 4 rings (SSSR count). The average molecular weight is 393 g/mol. The van der Waals surface area contributed by atoms with Crippen molar-refractivity contribution < 1.29 is 9.72 Å². The molecule has 6 heteroatoms. The summed E-state index contributed by atoms with van der Waals surface area (Å²) in [5.74, 6) is 1.24. The third-order valence-electron chi connectivity index (χ3n) is 6.35. The predicted molar refractivity (Wildman–Crippen MR) is 113 cm³/mol. The second kappa shape index (κ2) is 8.64. The van der Waals surface area contributed by atoms with Gasteiger partial charge in [0.05, 0.1) is 4.92 Å². The number of rotatable bonds is 5. The van der Waals surface area contributed by atoms with Gasteiger partial charge >= 0.3 is 0 Å². The molecular weight excluding hydrogens is 366 g/mol. The van der Waals surface area contributed by atoms with Crippen LogP contribution in [0.15, 0.2) is 48.5 Å². The lowest BCUT2D eigenvalue weighted by molar-refractivity contribution is -0.384. The number of piperidine rings is 1. The summed E-state index contributed by atoms with van der Waals surface area (Å²) >= 11 is 0. The number of hydrogen-bond donors (Lipinski definition) is 1. The van der Waals surface area contributed by atoms with E-state index < -0.39 is 4.92 Å². The second-order valence-corrected chi connectivity index (χ2v) is 8.17. The third kappa shape index (κ3) is 4.42. The van der Waals surface area contributed by atoms with Gasteiger partial charge in [-0.25, -0.2) is 0 Å². The van der Waals surface area contributed by atoms with Crippen LogP contribution in [0.1, 0.15) is 48.0 Å². The quantitative estimate of drug-likeness (QED) is 0.581. The monoisotopic (exact) mass is 393 g/mol. The number of benzene rings is 2. The lowest BCUT2D eigenvalue weighted by atomic mass is 9.75. The fraction of sp³-hybridized carbons (Fsp3) is 0.435. The number of carbonyl (C=O) groups is 1. The number of hydrogen-bond acceptors (Lipinski definition) is 4. The number of likely N-dealkylation sites (tertiary alicyclic amines) is 1. The van der Waals surface area contributed by atoms with Crippen LogP contribution in [-0.4, -0.2) is 28.8 Å². The Morgan fingerprint density at radius 1 is 1.07 bits per heavy atom. The number of anilines is 1. The predicted octanol–water partition coefficient (Wildman–Crippen LogP) is 4.86. The molecule has 6 nitrogen and oxygen atoms in total. The van der Waals surface area contributed by atoms with Crippen molar-refractivity contribution in [1.82, 2.24) is 4.90 Å². The van der Waals surface area contributed by atoms with Crippen LogP contribution in [-0.2, 0) is 6.54 Å². The summed E-state index contributed by atoms with van der Waals surface area (Å²) in [4.78, 5) is 26.1. The molecule has 1 N–H and O–H groups in total. The highest BCUT2D eigenvalue weighted by atomic mass is 16.6. The Morgan fingerprint density at radius 2 is 1.83 bits per heavy atom. The fourth-order valence-corrected chi connectivity index (χ4v) is 4.73. The van der Waals surface area contributed by atoms with E-state index in [-0.39, 0.29) is 11.6 Å². The van der Waals surface area contributed by atoms with Crippen LogP contribution in [0.25, 0.3) is 0 Å². The first-order chi connectivity index (χ1) is 14.1. The van der Waals surface area contributed by atoms with E-state index in [1.54, 1.807) is 12.1 Å². The minimum absolute atomic E-state index is 0.0562. The van der Waals surface area contributed by atoms with Crippen molar-refractivity contribution in [2.75, 3.05) is 18.4 Å². The maximum absolute atomic E-state index is 13.0.